The number of para-hydroxylation sites is 1. The van der Waals surface area contributed by atoms with Crippen molar-refractivity contribution in [2.45, 2.75) is 13.8 Å². The Bertz CT molecular complexity index is 897. The molecule has 0 saturated heterocycles. The summed E-state index contributed by atoms with van der Waals surface area (Å²) in [5, 5.41) is 3.83. The molecule has 5 nitrogen and oxygen atoms in total. The summed E-state index contributed by atoms with van der Waals surface area (Å²) in [6.45, 7) is 3.21. The summed E-state index contributed by atoms with van der Waals surface area (Å²) in [7, 11) is 0. The van der Waals surface area contributed by atoms with Crippen LogP contribution in [0.1, 0.15) is 12.5 Å². The highest BCUT2D eigenvalue weighted by atomic mass is 16.4. The van der Waals surface area contributed by atoms with Gasteiger partial charge in [0.05, 0.1) is 10.9 Å². The van der Waals surface area contributed by atoms with Gasteiger partial charge in [-0.05, 0) is 30.7 Å². The molecule has 1 aromatic carbocycles. The number of nitrogens with zero attached hydrogens (tertiary/aromatic N) is 1. The van der Waals surface area contributed by atoms with E-state index in [0.29, 0.717) is 22.3 Å². The van der Waals surface area contributed by atoms with Crippen LogP contribution < -0.4 is 10.9 Å². The zero-order valence-electron chi connectivity index (χ0n) is 11.1. The van der Waals surface area contributed by atoms with Crippen molar-refractivity contribution in [1.29, 1.82) is 0 Å². The summed E-state index contributed by atoms with van der Waals surface area (Å²) in [6.07, 6.45) is 0. The average Bonchev–Trinajstić information content (AvgIpc) is 2.37. The number of aryl methyl sites for hydroxylation is 1. The molecule has 0 aliphatic carbocycles. The molecule has 0 atom stereocenters. The summed E-state index contributed by atoms with van der Waals surface area (Å²) in [6, 6.07) is 8.86. The van der Waals surface area contributed by atoms with Gasteiger partial charge in [0.2, 0.25) is 5.91 Å². The third-order valence-corrected chi connectivity index (χ3v) is 3.07. The van der Waals surface area contributed by atoms with E-state index < -0.39 is 5.63 Å². The van der Waals surface area contributed by atoms with E-state index in [9.17, 15) is 9.59 Å². The molecule has 1 amide bonds. The SMILES string of the molecule is CC(=O)Nc1cc(C)c2c(=O)oc3ccccc3c2n1. The fourth-order valence-corrected chi connectivity index (χ4v) is 2.27. The van der Waals surface area contributed by atoms with Crippen LogP contribution in [0.25, 0.3) is 21.9 Å². The van der Waals surface area contributed by atoms with Crippen LogP contribution in [-0.2, 0) is 4.79 Å². The molecule has 0 saturated carbocycles. The van der Waals surface area contributed by atoms with Crippen molar-refractivity contribution in [1.82, 2.24) is 4.98 Å². The number of nitrogens with one attached hydrogen (secondary N) is 1. The maximum atomic E-state index is 12.1. The van der Waals surface area contributed by atoms with Crippen LogP contribution in [-0.4, -0.2) is 10.9 Å². The second-order valence-corrected chi connectivity index (χ2v) is 4.61. The van der Waals surface area contributed by atoms with E-state index in [0.717, 1.165) is 10.9 Å². The van der Waals surface area contributed by atoms with Gasteiger partial charge in [0.15, 0.2) is 0 Å². The van der Waals surface area contributed by atoms with E-state index in [-0.39, 0.29) is 5.91 Å². The molecule has 3 aromatic rings. The molecule has 2 heterocycles. The number of benzene rings is 1. The summed E-state index contributed by atoms with van der Waals surface area (Å²) >= 11 is 0. The van der Waals surface area contributed by atoms with E-state index in [1.807, 2.05) is 12.1 Å². The first-order chi connectivity index (χ1) is 9.56. The lowest BCUT2D eigenvalue weighted by Gasteiger charge is -2.07. The molecule has 5 heteroatoms. The first-order valence-electron chi connectivity index (χ1n) is 6.17. The van der Waals surface area contributed by atoms with Gasteiger partial charge in [0.1, 0.15) is 11.4 Å². The van der Waals surface area contributed by atoms with Crippen LogP contribution in [0, 0.1) is 6.92 Å². The van der Waals surface area contributed by atoms with Crippen molar-refractivity contribution in [2.75, 3.05) is 5.32 Å². The first-order valence-corrected chi connectivity index (χ1v) is 6.17. The number of aromatic nitrogens is 1. The van der Waals surface area contributed by atoms with Crippen molar-refractivity contribution >= 4 is 33.6 Å². The normalized spacial score (nSPS) is 10.9. The monoisotopic (exact) mass is 268 g/mol. The highest BCUT2D eigenvalue weighted by Crippen LogP contribution is 2.24. The number of carbonyl (C=O) groups is 1. The number of pyridine rings is 1. The quantitative estimate of drug-likeness (QED) is 0.544. The van der Waals surface area contributed by atoms with E-state index in [1.165, 1.54) is 6.92 Å². The average molecular weight is 268 g/mol. The van der Waals surface area contributed by atoms with E-state index >= 15 is 0 Å². The predicted molar refractivity (Wildman–Crippen MR) is 76.8 cm³/mol. The molecule has 1 N–H and O–H groups in total. The molecular formula is C15H12N2O3. The molecule has 0 aliphatic heterocycles. The third-order valence-electron chi connectivity index (χ3n) is 3.07. The van der Waals surface area contributed by atoms with E-state index in [4.69, 9.17) is 4.42 Å². The molecule has 0 spiro atoms. The highest BCUT2D eigenvalue weighted by Gasteiger charge is 2.12. The van der Waals surface area contributed by atoms with Gasteiger partial charge in [0.25, 0.3) is 0 Å². The minimum atomic E-state index is -0.418. The summed E-state index contributed by atoms with van der Waals surface area (Å²) in [4.78, 5) is 27.6. The van der Waals surface area contributed by atoms with Crippen molar-refractivity contribution in [3.05, 3.63) is 46.3 Å². The minimum Gasteiger partial charge on any atom is -0.422 e. The summed E-state index contributed by atoms with van der Waals surface area (Å²) in [5.74, 6) is 0.224. The van der Waals surface area contributed by atoms with Crippen LogP contribution >= 0.6 is 0 Å². The molecule has 0 unspecified atom stereocenters. The van der Waals surface area contributed by atoms with Crippen LogP contribution in [0.3, 0.4) is 0 Å². The Hall–Kier alpha value is -2.69. The smallest absolute Gasteiger partial charge is 0.346 e. The van der Waals surface area contributed by atoms with Gasteiger partial charge in [-0.15, -0.1) is 0 Å². The zero-order valence-corrected chi connectivity index (χ0v) is 11.1. The lowest BCUT2D eigenvalue weighted by molar-refractivity contribution is -0.114. The number of carbonyl (C=O) groups excluding carboxylic acids is 1. The highest BCUT2D eigenvalue weighted by molar-refractivity contribution is 6.04. The number of amides is 1. The number of anilines is 1. The van der Waals surface area contributed by atoms with Gasteiger partial charge in [-0.3, -0.25) is 4.79 Å². The second-order valence-electron chi connectivity index (χ2n) is 4.61. The zero-order chi connectivity index (χ0) is 14.3. The fourth-order valence-electron chi connectivity index (χ4n) is 2.27. The Balaban J connectivity index is 2.46. The second kappa shape index (κ2) is 4.45. The number of fused-ring (bicyclic) bond motifs is 3. The number of rotatable bonds is 1. The molecule has 0 fully saturated rings. The van der Waals surface area contributed by atoms with Gasteiger partial charge in [-0.25, -0.2) is 9.78 Å². The maximum absolute atomic E-state index is 12.1. The van der Waals surface area contributed by atoms with Gasteiger partial charge in [-0.1, -0.05) is 12.1 Å². The van der Waals surface area contributed by atoms with Crippen LogP contribution in [0.4, 0.5) is 5.82 Å². The Morgan fingerprint density at radius 3 is 2.80 bits per heavy atom. The predicted octanol–water partition coefficient (Wildman–Crippen LogP) is 2.61. The third kappa shape index (κ3) is 1.93. The van der Waals surface area contributed by atoms with Crippen LogP contribution in [0.5, 0.6) is 0 Å². The van der Waals surface area contributed by atoms with Gasteiger partial charge >= 0.3 is 5.63 Å². The molecule has 0 bridgehead atoms. The summed E-state index contributed by atoms with van der Waals surface area (Å²) in [5.41, 5.74) is 1.33. The number of hydrogen-bond donors (Lipinski definition) is 1. The largest absolute Gasteiger partial charge is 0.422 e. The maximum Gasteiger partial charge on any atom is 0.346 e. The molecule has 0 aliphatic rings. The Morgan fingerprint density at radius 2 is 2.05 bits per heavy atom. The molecule has 100 valence electrons. The Kier molecular flexibility index (Phi) is 2.75. The summed E-state index contributed by atoms with van der Waals surface area (Å²) < 4.78 is 5.29. The van der Waals surface area contributed by atoms with Crippen LogP contribution in [0.15, 0.2) is 39.5 Å². The fraction of sp³-hybridized carbons (Fsp3) is 0.133. The van der Waals surface area contributed by atoms with Gasteiger partial charge in [-0.2, -0.15) is 0 Å². The van der Waals surface area contributed by atoms with Crippen molar-refractivity contribution in [3.63, 3.8) is 0 Å². The molecule has 2 aromatic heterocycles. The Morgan fingerprint density at radius 1 is 1.30 bits per heavy atom. The van der Waals surface area contributed by atoms with Crippen molar-refractivity contribution in [3.8, 4) is 0 Å². The van der Waals surface area contributed by atoms with E-state index in [2.05, 4.69) is 10.3 Å². The van der Waals surface area contributed by atoms with Crippen LogP contribution in [0.2, 0.25) is 0 Å². The molecule has 0 radical (unpaired) electrons. The van der Waals surface area contributed by atoms with Crippen molar-refractivity contribution < 1.29 is 9.21 Å². The molecule has 20 heavy (non-hydrogen) atoms. The van der Waals surface area contributed by atoms with Gasteiger partial charge < -0.3 is 9.73 Å². The van der Waals surface area contributed by atoms with Gasteiger partial charge in [0, 0.05) is 12.3 Å². The molecular weight excluding hydrogens is 256 g/mol. The van der Waals surface area contributed by atoms with Crippen molar-refractivity contribution in [2.24, 2.45) is 0 Å². The minimum absolute atomic E-state index is 0.205. The topological polar surface area (TPSA) is 72.2 Å². The lowest BCUT2D eigenvalue weighted by atomic mass is 10.1. The molecule has 3 rings (SSSR count). The van der Waals surface area contributed by atoms with E-state index in [1.54, 1.807) is 25.1 Å². The number of hydrogen-bond acceptors (Lipinski definition) is 4. The standard InChI is InChI=1S/C15H12N2O3/c1-8-7-12(16-9(2)18)17-14-10-5-3-4-6-11(10)20-15(19)13(8)14/h3-7H,1-2H3,(H,16,17,18). The Labute approximate surface area is 114 Å². The first kappa shape index (κ1) is 12.3. The lowest BCUT2D eigenvalue weighted by Crippen LogP contribution is -2.10.